The number of amides is 1. The number of benzene rings is 1. The SMILES string of the molecule is C=CC(=O)N1CCN(c2nc(OCC3CCCN3C)nc(C(=O)[C@H]3Cc4ccccc4CO3)c2CC)CC1CC#N. The van der Waals surface area contributed by atoms with Crippen LogP contribution >= 0.6 is 0 Å². The zero-order valence-corrected chi connectivity index (χ0v) is 23.9. The lowest BCUT2D eigenvalue weighted by molar-refractivity contribution is -0.128. The fraction of sp³-hybridized carbons (Fsp3) is 0.516. The van der Waals surface area contributed by atoms with Crippen LogP contribution in [-0.4, -0.2) is 89.5 Å². The number of piperazine rings is 1. The summed E-state index contributed by atoms with van der Waals surface area (Å²) in [5.41, 5.74) is 3.24. The number of hydrogen-bond donors (Lipinski definition) is 0. The Morgan fingerprint density at radius 1 is 1.20 bits per heavy atom. The fourth-order valence-electron chi connectivity index (χ4n) is 6.07. The van der Waals surface area contributed by atoms with Crippen molar-refractivity contribution in [2.24, 2.45) is 0 Å². The van der Waals surface area contributed by atoms with Crippen LogP contribution in [0.25, 0.3) is 0 Å². The maximum absolute atomic E-state index is 14.0. The Bertz CT molecular complexity index is 1340. The molecule has 0 N–H and O–H groups in total. The molecule has 216 valence electrons. The minimum atomic E-state index is -0.653. The van der Waals surface area contributed by atoms with Gasteiger partial charge in [-0.25, -0.2) is 0 Å². The molecule has 2 saturated heterocycles. The summed E-state index contributed by atoms with van der Waals surface area (Å²) in [4.78, 5) is 42.1. The van der Waals surface area contributed by atoms with E-state index in [9.17, 15) is 14.9 Å². The molecule has 10 nitrogen and oxygen atoms in total. The normalized spacial score (nSPS) is 22.6. The number of nitriles is 1. The van der Waals surface area contributed by atoms with E-state index in [1.807, 2.05) is 31.2 Å². The Hall–Kier alpha value is -3.81. The van der Waals surface area contributed by atoms with Crippen molar-refractivity contribution >= 4 is 17.5 Å². The van der Waals surface area contributed by atoms with E-state index in [1.54, 1.807) is 4.90 Å². The average molecular weight is 559 g/mol. The van der Waals surface area contributed by atoms with E-state index in [2.05, 4.69) is 34.5 Å². The maximum Gasteiger partial charge on any atom is 0.319 e. The summed E-state index contributed by atoms with van der Waals surface area (Å²) in [5.74, 6) is 0.237. The lowest BCUT2D eigenvalue weighted by Gasteiger charge is -2.41. The van der Waals surface area contributed by atoms with E-state index < -0.39 is 6.10 Å². The molecule has 0 radical (unpaired) electrons. The lowest BCUT2D eigenvalue weighted by Crippen LogP contribution is -2.55. The topological polar surface area (TPSA) is 112 Å². The molecule has 10 heteroatoms. The molecule has 2 unspecified atom stereocenters. The number of likely N-dealkylation sites (tertiary alicyclic amines) is 1. The molecule has 4 heterocycles. The zero-order valence-electron chi connectivity index (χ0n) is 23.9. The number of hydrogen-bond acceptors (Lipinski definition) is 9. The second kappa shape index (κ2) is 12.8. The van der Waals surface area contributed by atoms with E-state index in [4.69, 9.17) is 14.5 Å². The lowest BCUT2D eigenvalue weighted by atomic mass is 9.94. The quantitative estimate of drug-likeness (QED) is 0.339. The van der Waals surface area contributed by atoms with Crippen molar-refractivity contribution in [3.63, 3.8) is 0 Å². The number of aromatic nitrogens is 2. The van der Waals surface area contributed by atoms with Gasteiger partial charge in [0.2, 0.25) is 11.7 Å². The van der Waals surface area contributed by atoms with Crippen molar-refractivity contribution in [3.8, 4) is 12.1 Å². The first kappa shape index (κ1) is 28.7. The van der Waals surface area contributed by atoms with Gasteiger partial charge in [0.05, 0.1) is 25.1 Å². The van der Waals surface area contributed by atoms with Crippen LogP contribution in [-0.2, 0) is 29.0 Å². The fourth-order valence-corrected chi connectivity index (χ4v) is 6.07. The Labute approximate surface area is 241 Å². The van der Waals surface area contributed by atoms with Gasteiger partial charge in [0.15, 0.2) is 0 Å². The van der Waals surface area contributed by atoms with Gasteiger partial charge < -0.3 is 24.2 Å². The average Bonchev–Trinajstić information content (AvgIpc) is 3.42. The van der Waals surface area contributed by atoms with Crippen LogP contribution in [0.3, 0.4) is 0 Å². The second-order valence-electron chi connectivity index (χ2n) is 10.9. The summed E-state index contributed by atoms with van der Waals surface area (Å²) in [6.07, 6.45) is 3.97. The molecular weight excluding hydrogens is 520 g/mol. The van der Waals surface area contributed by atoms with Crippen LogP contribution in [0, 0.1) is 11.3 Å². The Morgan fingerprint density at radius 2 is 2.00 bits per heavy atom. The standard InChI is InChI=1S/C31H38N6O4/c1-4-25-28(29(39)26-17-21-9-6-7-10-22(21)19-40-26)33-31(41-20-24-11-8-14-35(24)3)34-30(25)36-15-16-37(27(38)5-2)23(18-36)12-13-32/h5-7,9-10,23-24,26H,2,4,8,11-12,14-20H2,1,3H3/t23?,24?,26-/m1/s1. The highest BCUT2D eigenvalue weighted by Gasteiger charge is 2.35. The highest BCUT2D eigenvalue weighted by molar-refractivity contribution is 6.00. The van der Waals surface area contributed by atoms with Crippen molar-refractivity contribution < 1.29 is 19.1 Å². The van der Waals surface area contributed by atoms with Crippen molar-refractivity contribution in [1.82, 2.24) is 19.8 Å². The van der Waals surface area contributed by atoms with E-state index >= 15 is 0 Å². The van der Waals surface area contributed by atoms with Crippen molar-refractivity contribution in [1.29, 1.82) is 5.26 Å². The van der Waals surface area contributed by atoms with E-state index in [-0.39, 0.29) is 36.2 Å². The first-order valence-electron chi connectivity index (χ1n) is 14.4. The molecule has 3 atom stereocenters. The number of likely N-dealkylation sites (N-methyl/N-ethyl adjacent to an activating group) is 1. The van der Waals surface area contributed by atoms with Gasteiger partial charge >= 0.3 is 6.01 Å². The van der Waals surface area contributed by atoms with Gasteiger partial charge in [0.1, 0.15) is 24.2 Å². The number of carbonyl (C=O) groups is 2. The molecule has 2 aromatic rings. The molecule has 1 aromatic carbocycles. The smallest absolute Gasteiger partial charge is 0.319 e. The van der Waals surface area contributed by atoms with Crippen LogP contribution in [0.4, 0.5) is 5.82 Å². The number of rotatable bonds is 9. The summed E-state index contributed by atoms with van der Waals surface area (Å²) < 4.78 is 12.2. The Morgan fingerprint density at radius 3 is 2.71 bits per heavy atom. The molecule has 3 aliphatic heterocycles. The minimum absolute atomic E-state index is 0.165. The number of nitrogens with zero attached hydrogens (tertiary/aromatic N) is 6. The third kappa shape index (κ3) is 6.11. The molecule has 0 bridgehead atoms. The van der Waals surface area contributed by atoms with Crippen molar-refractivity contribution in [3.05, 3.63) is 59.3 Å². The second-order valence-corrected chi connectivity index (χ2v) is 10.9. The molecule has 0 aliphatic carbocycles. The summed E-state index contributed by atoms with van der Waals surface area (Å²) in [5, 5.41) is 9.48. The van der Waals surface area contributed by atoms with E-state index in [0.717, 1.165) is 36.1 Å². The zero-order chi connectivity index (χ0) is 28.9. The predicted octanol–water partition coefficient (Wildman–Crippen LogP) is 2.95. The molecule has 41 heavy (non-hydrogen) atoms. The van der Waals surface area contributed by atoms with Gasteiger partial charge in [-0.3, -0.25) is 9.59 Å². The molecule has 2 fully saturated rings. The van der Waals surface area contributed by atoms with Gasteiger partial charge in [-0.05, 0) is 50.1 Å². The molecule has 0 saturated carbocycles. The van der Waals surface area contributed by atoms with Crippen LogP contribution in [0.5, 0.6) is 6.01 Å². The number of carbonyl (C=O) groups excluding carboxylic acids is 2. The van der Waals surface area contributed by atoms with E-state index in [0.29, 0.717) is 57.2 Å². The molecule has 3 aliphatic rings. The largest absolute Gasteiger partial charge is 0.462 e. The summed E-state index contributed by atoms with van der Waals surface area (Å²) >= 11 is 0. The number of ether oxygens (including phenoxy) is 2. The Kier molecular flexibility index (Phi) is 8.96. The minimum Gasteiger partial charge on any atom is -0.462 e. The molecule has 1 aromatic heterocycles. The van der Waals surface area contributed by atoms with Crippen LogP contribution in [0.15, 0.2) is 36.9 Å². The summed E-state index contributed by atoms with van der Waals surface area (Å²) in [6.45, 7) is 8.74. The third-order valence-corrected chi connectivity index (χ3v) is 8.45. The van der Waals surface area contributed by atoms with E-state index in [1.165, 1.54) is 6.08 Å². The first-order chi connectivity index (χ1) is 19.9. The van der Waals surface area contributed by atoms with Gasteiger partial charge in [-0.1, -0.05) is 37.8 Å². The highest BCUT2D eigenvalue weighted by Crippen LogP contribution is 2.30. The number of Topliss-reactive ketones (excluding diaryl/α,β-unsaturated/α-hetero) is 1. The summed E-state index contributed by atoms with van der Waals surface area (Å²) in [7, 11) is 2.08. The molecule has 5 rings (SSSR count). The molecule has 1 amide bonds. The number of ketones is 1. The van der Waals surface area contributed by atoms with Crippen molar-refractivity contribution in [2.45, 2.75) is 63.8 Å². The summed E-state index contributed by atoms with van der Waals surface area (Å²) in [6, 6.07) is 10.3. The van der Waals surface area contributed by atoms with Gasteiger partial charge in [-0.15, -0.1) is 0 Å². The van der Waals surface area contributed by atoms with Crippen LogP contribution in [0.2, 0.25) is 0 Å². The monoisotopic (exact) mass is 558 g/mol. The predicted molar refractivity (Wildman–Crippen MR) is 154 cm³/mol. The van der Waals surface area contributed by atoms with Gasteiger partial charge in [0, 0.05) is 37.7 Å². The highest BCUT2D eigenvalue weighted by atomic mass is 16.5. The maximum atomic E-state index is 14.0. The van der Waals surface area contributed by atoms with Gasteiger partial charge in [-0.2, -0.15) is 15.2 Å². The molecule has 0 spiro atoms. The van der Waals surface area contributed by atoms with Crippen LogP contribution in [0.1, 0.15) is 53.4 Å². The third-order valence-electron chi connectivity index (χ3n) is 8.45. The number of fused-ring (bicyclic) bond motifs is 1. The Balaban J connectivity index is 1.48. The van der Waals surface area contributed by atoms with Gasteiger partial charge in [0.25, 0.3) is 0 Å². The van der Waals surface area contributed by atoms with Crippen molar-refractivity contribution in [2.75, 3.05) is 44.7 Å². The molecular formula is C31H38N6O4. The number of anilines is 1. The first-order valence-corrected chi connectivity index (χ1v) is 14.4. The van der Waals surface area contributed by atoms with Crippen LogP contribution < -0.4 is 9.64 Å².